The second-order valence-electron chi connectivity index (χ2n) is 3.60. The van der Waals surface area contributed by atoms with Crippen molar-refractivity contribution in [2.24, 2.45) is 5.10 Å². The molecule has 1 N–H and O–H groups in total. The molecule has 1 aromatic carbocycles. The number of hydrogen-bond acceptors (Lipinski definition) is 6. The molecule has 0 aliphatic rings. The van der Waals surface area contributed by atoms with E-state index in [1.165, 1.54) is 23.5 Å². The van der Waals surface area contributed by atoms with Crippen molar-refractivity contribution in [1.82, 2.24) is 4.98 Å². The standard InChI is InChI=1S/C11H9BrN4O2S/c1-7-10(12)19-11(14-7)15-13-6-8-2-4-9(5-3-8)16(17)18/h2-6H,1H3,(H,14,15). The van der Waals surface area contributed by atoms with Gasteiger partial charge in [-0.05, 0) is 40.5 Å². The maximum atomic E-state index is 10.5. The first-order valence-electron chi connectivity index (χ1n) is 5.23. The van der Waals surface area contributed by atoms with Gasteiger partial charge in [-0.2, -0.15) is 5.10 Å². The van der Waals surface area contributed by atoms with Gasteiger partial charge in [-0.1, -0.05) is 11.3 Å². The van der Waals surface area contributed by atoms with Crippen LogP contribution < -0.4 is 5.43 Å². The van der Waals surface area contributed by atoms with Crippen molar-refractivity contribution >= 4 is 44.3 Å². The largest absolute Gasteiger partial charge is 0.269 e. The first kappa shape index (κ1) is 13.6. The zero-order valence-corrected chi connectivity index (χ0v) is 12.2. The fourth-order valence-corrected chi connectivity index (χ4v) is 2.46. The molecule has 1 heterocycles. The third-order valence-corrected chi connectivity index (χ3v) is 4.13. The highest BCUT2D eigenvalue weighted by Gasteiger charge is 2.04. The van der Waals surface area contributed by atoms with E-state index in [9.17, 15) is 10.1 Å². The van der Waals surface area contributed by atoms with E-state index in [-0.39, 0.29) is 5.69 Å². The minimum Gasteiger partial charge on any atom is -0.258 e. The quantitative estimate of drug-likeness (QED) is 0.524. The van der Waals surface area contributed by atoms with Gasteiger partial charge in [0, 0.05) is 12.1 Å². The van der Waals surface area contributed by atoms with Crippen molar-refractivity contribution in [3.05, 3.63) is 49.4 Å². The number of hydrogen-bond donors (Lipinski definition) is 1. The molecule has 98 valence electrons. The van der Waals surface area contributed by atoms with Gasteiger partial charge in [0.05, 0.1) is 20.6 Å². The monoisotopic (exact) mass is 340 g/mol. The Kier molecular flexibility index (Phi) is 4.23. The SMILES string of the molecule is Cc1nc(NN=Cc2ccc([N+](=O)[O-])cc2)sc1Br. The predicted molar refractivity (Wildman–Crippen MR) is 78.9 cm³/mol. The van der Waals surface area contributed by atoms with E-state index in [0.717, 1.165) is 15.0 Å². The molecule has 0 aliphatic heterocycles. The van der Waals surface area contributed by atoms with Crippen molar-refractivity contribution < 1.29 is 4.92 Å². The lowest BCUT2D eigenvalue weighted by atomic mass is 10.2. The lowest BCUT2D eigenvalue weighted by molar-refractivity contribution is -0.384. The van der Waals surface area contributed by atoms with Crippen molar-refractivity contribution in [3.63, 3.8) is 0 Å². The van der Waals surface area contributed by atoms with Crippen LogP contribution in [-0.4, -0.2) is 16.1 Å². The molecule has 0 atom stereocenters. The molecule has 0 aliphatic carbocycles. The number of aromatic nitrogens is 1. The van der Waals surface area contributed by atoms with Gasteiger partial charge >= 0.3 is 0 Å². The molecule has 0 saturated heterocycles. The molecule has 0 radical (unpaired) electrons. The first-order chi connectivity index (χ1) is 9.06. The fraction of sp³-hybridized carbons (Fsp3) is 0.0909. The number of non-ortho nitro benzene ring substituents is 1. The molecule has 0 bridgehead atoms. The Bertz CT molecular complexity index is 605. The van der Waals surface area contributed by atoms with Gasteiger partial charge in [-0.15, -0.1) is 0 Å². The van der Waals surface area contributed by atoms with Crippen molar-refractivity contribution in [2.75, 3.05) is 5.43 Å². The van der Waals surface area contributed by atoms with E-state index in [1.54, 1.807) is 18.3 Å². The number of nitro benzene ring substituents is 1. The highest BCUT2D eigenvalue weighted by molar-refractivity contribution is 9.11. The molecule has 0 saturated carbocycles. The molecule has 1 aromatic heterocycles. The number of nitrogens with one attached hydrogen (secondary N) is 1. The second-order valence-corrected chi connectivity index (χ2v) is 5.91. The fourth-order valence-electron chi connectivity index (χ4n) is 1.27. The second kappa shape index (κ2) is 5.89. The molecule has 0 spiro atoms. The van der Waals surface area contributed by atoms with Crippen LogP contribution in [0.3, 0.4) is 0 Å². The first-order valence-corrected chi connectivity index (χ1v) is 6.83. The normalized spacial score (nSPS) is 10.8. The topological polar surface area (TPSA) is 80.4 Å². The summed E-state index contributed by atoms with van der Waals surface area (Å²) in [6.45, 7) is 1.89. The predicted octanol–water partition coefficient (Wildman–Crippen LogP) is 3.57. The van der Waals surface area contributed by atoms with Crippen LogP contribution >= 0.6 is 27.3 Å². The van der Waals surface area contributed by atoms with Crippen LogP contribution in [0.5, 0.6) is 0 Å². The van der Waals surface area contributed by atoms with Crippen molar-refractivity contribution in [2.45, 2.75) is 6.92 Å². The van der Waals surface area contributed by atoms with Crippen LogP contribution in [0.25, 0.3) is 0 Å². The molecule has 6 nitrogen and oxygen atoms in total. The van der Waals surface area contributed by atoms with Crippen LogP contribution in [0.2, 0.25) is 0 Å². The molecule has 2 rings (SSSR count). The highest BCUT2D eigenvalue weighted by atomic mass is 79.9. The van der Waals surface area contributed by atoms with Crippen LogP contribution in [0, 0.1) is 17.0 Å². The van der Waals surface area contributed by atoms with E-state index in [1.807, 2.05) is 6.92 Å². The van der Waals surface area contributed by atoms with Gasteiger partial charge in [-0.25, -0.2) is 4.98 Å². The lowest BCUT2D eigenvalue weighted by Gasteiger charge is -1.94. The van der Waals surface area contributed by atoms with Gasteiger partial charge < -0.3 is 0 Å². The van der Waals surface area contributed by atoms with Gasteiger partial charge in [-0.3, -0.25) is 15.5 Å². The van der Waals surface area contributed by atoms with Gasteiger partial charge in [0.25, 0.3) is 5.69 Å². The van der Waals surface area contributed by atoms with E-state index in [2.05, 4.69) is 31.4 Å². The van der Waals surface area contributed by atoms with Crippen LogP contribution in [-0.2, 0) is 0 Å². The van der Waals surface area contributed by atoms with Gasteiger partial charge in [0.15, 0.2) is 0 Å². The van der Waals surface area contributed by atoms with E-state index in [0.29, 0.717) is 5.13 Å². The third-order valence-electron chi connectivity index (χ3n) is 2.22. The average Bonchev–Trinajstić information content (AvgIpc) is 2.69. The zero-order valence-electron chi connectivity index (χ0n) is 9.83. The molecule has 19 heavy (non-hydrogen) atoms. The van der Waals surface area contributed by atoms with Crippen molar-refractivity contribution in [3.8, 4) is 0 Å². The summed E-state index contributed by atoms with van der Waals surface area (Å²) in [7, 11) is 0. The summed E-state index contributed by atoms with van der Waals surface area (Å²) < 4.78 is 0.959. The Morgan fingerprint density at radius 2 is 2.16 bits per heavy atom. The Hall–Kier alpha value is -1.80. The Labute approximate surface area is 121 Å². The molecular formula is C11H9BrN4O2S. The molecule has 2 aromatic rings. The molecule has 0 amide bonds. The maximum absolute atomic E-state index is 10.5. The van der Waals surface area contributed by atoms with Crippen LogP contribution in [0.1, 0.15) is 11.3 Å². The number of halogens is 1. The summed E-state index contributed by atoms with van der Waals surface area (Å²) in [5.74, 6) is 0. The number of benzene rings is 1. The molecule has 0 fully saturated rings. The summed E-state index contributed by atoms with van der Waals surface area (Å²) >= 11 is 4.82. The minimum atomic E-state index is -0.435. The number of anilines is 1. The van der Waals surface area contributed by atoms with E-state index < -0.39 is 4.92 Å². The van der Waals surface area contributed by atoms with Gasteiger partial charge in [0.2, 0.25) is 5.13 Å². The number of rotatable bonds is 4. The van der Waals surface area contributed by atoms with E-state index >= 15 is 0 Å². The summed E-state index contributed by atoms with van der Waals surface area (Å²) in [6, 6.07) is 6.13. The third kappa shape index (κ3) is 3.58. The molecule has 8 heteroatoms. The number of aryl methyl sites for hydroxylation is 1. The summed E-state index contributed by atoms with van der Waals surface area (Å²) in [5, 5.41) is 15.2. The number of thiazole rings is 1. The number of hydrazone groups is 1. The molecule has 0 unspecified atom stereocenters. The van der Waals surface area contributed by atoms with Gasteiger partial charge in [0.1, 0.15) is 0 Å². The Balaban J connectivity index is 2.00. The van der Waals surface area contributed by atoms with E-state index in [4.69, 9.17) is 0 Å². The summed E-state index contributed by atoms with van der Waals surface area (Å²) in [4.78, 5) is 14.3. The molecular weight excluding hydrogens is 332 g/mol. The number of nitro groups is 1. The average molecular weight is 341 g/mol. The summed E-state index contributed by atoms with van der Waals surface area (Å²) in [5.41, 5.74) is 4.53. The smallest absolute Gasteiger partial charge is 0.258 e. The highest BCUT2D eigenvalue weighted by Crippen LogP contribution is 2.27. The van der Waals surface area contributed by atoms with Crippen LogP contribution in [0.4, 0.5) is 10.8 Å². The Morgan fingerprint density at radius 3 is 2.68 bits per heavy atom. The number of nitrogens with zero attached hydrogens (tertiary/aromatic N) is 3. The Morgan fingerprint density at radius 1 is 1.47 bits per heavy atom. The van der Waals surface area contributed by atoms with Crippen LogP contribution in [0.15, 0.2) is 33.2 Å². The lowest BCUT2D eigenvalue weighted by Crippen LogP contribution is -1.91. The zero-order chi connectivity index (χ0) is 13.8. The summed E-state index contributed by atoms with van der Waals surface area (Å²) in [6.07, 6.45) is 1.58. The van der Waals surface area contributed by atoms with Crippen molar-refractivity contribution in [1.29, 1.82) is 0 Å². The minimum absolute atomic E-state index is 0.0598. The maximum Gasteiger partial charge on any atom is 0.269 e.